The van der Waals surface area contributed by atoms with Gasteiger partial charge in [0.1, 0.15) is 0 Å². The summed E-state index contributed by atoms with van der Waals surface area (Å²) in [6, 6.07) is 82.9. The molecule has 0 aliphatic rings. The summed E-state index contributed by atoms with van der Waals surface area (Å²) in [7, 11) is 0. The lowest BCUT2D eigenvalue weighted by Crippen LogP contribution is -1.97. The molecule has 0 saturated heterocycles. The first-order chi connectivity index (χ1) is 31.7. The lowest BCUT2D eigenvalue weighted by atomic mass is 9.96. The average Bonchev–Trinajstić information content (AvgIpc) is 3.88. The molecular formula is C60H38N4. The van der Waals surface area contributed by atoms with Crippen LogP contribution in [0.2, 0.25) is 0 Å². The molecule has 64 heavy (non-hydrogen) atoms. The first-order valence-electron chi connectivity index (χ1n) is 21.8. The zero-order valence-electron chi connectivity index (χ0n) is 34.7. The summed E-state index contributed by atoms with van der Waals surface area (Å²) in [5.41, 5.74) is 17.3. The Kier molecular flexibility index (Phi) is 8.18. The maximum atomic E-state index is 5.19. The molecule has 3 heterocycles. The Bertz CT molecular complexity index is 3930. The van der Waals surface area contributed by atoms with Crippen LogP contribution in [0, 0.1) is 0 Å². The van der Waals surface area contributed by atoms with Crippen LogP contribution in [0.5, 0.6) is 0 Å². The molecule has 0 N–H and O–H groups in total. The zero-order valence-corrected chi connectivity index (χ0v) is 34.7. The van der Waals surface area contributed by atoms with Gasteiger partial charge >= 0.3 is 0 Å². The van der Waals surface area contributed by atoms with Gasteiger partial charge in [0.25, 0.3) is 0 Å². The molecule has 4 nitrogen and oxygen atoms in total. The molecule has 0 amide bonds. The van der Waals surface area contributed by atoms with Crippen LogP contribution in [0.1, 0.15) is 0 Å². The topological polar surface area (TPSA) is 35.6 Å². The minimum Gasteiger partial charge on any atom is -0.309 e. The Balaban J connectivity index is 0.993. The molecule has 0 fully saturated rings. The predicted molar refractivity (Wildman–Crippen MR) is 267 cm³/mol. The van der Waals surface area contributed by atoms with E-state index < -0.39 is 0 Å². The van der Waals surface area contributed by atoms with Crippen molar-refractivity contribution in [1.29, 1.82) is 0 Å². The van der Waals surface area contributed by atoms with Gasteiger partial charge in [0.05, 0.1) is 44.5 Å². The maximum Gasteiger partial charge on any atom is 0.0973 e. The highest BCUT2D eigenvalue weighted by atomic mass is 15.0. The average molecular weight is 815 g/mol. The molecule has 298 valence electrons. The van der Waals surface area contributed by atoms with Crippen LogP contribution in [-0.2, 0) is 0 Å². The molecule has 0 saturated carbocycles. The van der Waals surface area contributed by atoms with E-state index in [0.717, 1.165) is 56.0 Å². The molecule has 4 heteroatoms. The molecule has 13 rings (SSSR count). The fourth-order valence-electron chi connectivity index (χ4n) is 9.90. The van der Waals surface area contributed by atoms with Crippen LogP contribution in [0.4, 0.5) is 0 Å². The van der Waals surface area contributed by atoms with Crippen molar-refractivity contribution in [3.8, 4) is 56.1 Å². The van der Waals surface area contributed by atoms with Gasteiger partial charge in [-0.1, -0.05) is 152 Å². The third-order valence-corrected chi connectivity index (χ3v) is 12.9. The van der Waals surface area contributed by atoms with Crippen molar-refractivity contribution in [1.82, 2.24) is 19.1 Å². The smallest absolute Gasteiger partial charge is 0.0973 e. The molecule has 10 aromatic carbocycles. The first-order valence-corrected chi connectivity index (χ1v) is 21.8. The highest BCUT2D eigenvalue weighted by Crippen LogP contribution is 2.41. The van der Waals surface area contributed by atoms with Crippen molar-refractivity contribution in [2.75, 3.05) is 0 Å². The summed E-state index contributed by atoms with van der Waals surface area (Å²) in [5, 5.41) is 7.38. The Hall–Kier alpha value is -8.60. The second-order valence-electron chi connectivity index (χ2n) is 16.6. The van der Waals surface area contributed by atoms with Crippen LogP contribution in [0.15, 0.2) is 231 Å². The van der Waals surface area contributed by atoms with Gasteiger partial charge in [0, 0.05) is 44.0 Å². The van der Waals surface area contributed by atoms with Crippen LogP contribution in [-0.4, -0.2) is 19.1 Å². The number of hydrogen-bond donors (Lipinski definition) is 0. The number of aromatic nitrogens is 4. The fraction of sp³-hybridized carbons (Fsp3) is 0. The minimum atomic E-state index is 0.868. The van der Waals surface area contributed by atoms with Gasteiger partial charge in [0.2, 0.25) is 0 Å². The van der Waals surface area contributed by atoms with Crippen molar-refractivity contribution in [2.24, 2.45) is 0 Å². The summed E-state index contributed by atoms with van der Waals surface area (Å²) >= 11 is 0. The molecule has 0 unspecified atom stereocenters. The van der Waals surface area contributed by atoms with Crippen molar-refractivity contribution in [3.05, 3.63) is 231 Å². The van der Waals surface area contributed by atoms with E-state index in [1.807, 2.05) is 30.3 Å². The third kappa shape index (κ3) is 5.77. The standard InChI is InChI=1S/C60H38N4/c1-3-15-40(16-4-1)59-60(62-54-24-11-10-23-53(54)61-59)41-26-31-46(32-27-41)64-57-34-29-43(37-51(57)52-38-44(30-35-58(52)64)48-22-13-17-39-14-7-8-20-47(39)48)42-28-33-56-50(36-42)49-21-9-12-25-55(49)63(56)45-18-5-2-6-19-45/h1-38H. The molecule has 0 aliphatic heterocycles. The van der Waals surface area contributed by atoms with Gasteiger partial charge in [-0.15, -0.1) is 0 Å². The highest BCUT2D eigenvalue weighted by Gasteiger charge is 2.19. The van der Waals surface area contributed by atoms with Crippen molar-refractivity contribution < 1.29 is 0 Å². The maximum absolute atomic E-state index is 5.19. The van der Waals surface area contributed by atoms with Crippen molar-refractivity contribution >= 4 is 65.4 Å². The van der Waals surface area contributed by atoms with Gasteiger partial charge in [0.15, 0.2) is 0 Å². The van der Waals surface area contributed by atoms with Crippen LogP contribution in [0.25, 0.3) is 122 Å². The molecule has 13 aromatic rings. The van der Waals surface area contributed by atoms with E-state index in [0.29, 0.717) is 0 Å². The van der Waals surface area contributed by atoms with Crippen molar-refractivity contribution in [2.45, 2.75) is 0 Å². The zero-order chi connectivity index (χ0) is 42.1. The Labute approximate surface area is 369 Å². The Morgan fingerprint density at radius 3 is 1.36 bits per heavy atom. The Morgan fingerprint density at radius 1 is 0.266 bits per heavy atom. The summed E-state index contributed by atoms with van der Waals surface area (Å²) < 4.78 is 4.78. The second kappa shape index (κ2) is 14.5. The molecule has 0 atom stereocenters. The Morgan fingerprint density at radius 2 is 0.703 bits per heavy atom. The normalized spacial score (nSPS) is 11.8. The number of hydrogen-bond acceptors (Lipinski definition) is 2. The third-order valence-electron chi connectivity index (χ3n) is 12.9. The number of para-hydroxylation sites is 4. The molecule has 0 aliphatic carbocycles. The van der Waals surface area contributed by atoms with Gasteiger partial charge in [-0.3, -0.25) is 0 Å². The highest BCUT2D eigenvalue weighted by molar-refractivity contribution is 6.14. The number of benzene rings is 10. The number of fused-ring (bicyclic) bond motifs is 8. The summed E-state index contributed by atoms with van der Waals surface area (Å²) in [6.45, 7) is 0. The van der Waals surface area contributed by atoms with Crippen LogP contribution in [0.3, 0.4) is 0 Å². The number of rotatable bonds is 6. The monoisotopic (exact) mass is 814 g/mol. The molecular weight excluding hydrogens is 777 g/mol. The molecule has 0 bridgehead atoms. The SMILES string of the molecule is c1ccc(-c2nc3ccccc3nc2-c2ccc(-n3c4ccc(-c5ccc6c(c5)c5ccccc5n6-c5ccccc5)cc4c4cc(-c5cccc6ccccc56)ccc43)cc2)cc1. The van der Waals surface area contributed by atoms with Gasteiger partial charge in [-0.05, 0) is 112 Å². The van der Waals surface area contributed by atoms with E-state index in [-0.39, 0.29) is 0 Å². The summed E-state index contributed by atoms with van der Waals surface area (Å²) in [5.74, 6) is 0. The summed E-state index contributed by atoms with van der Waals surface area (Å²) in [4.78, 5) is 10.3. The molecule has 0 radical (unpaired) electrons. The van der Waals surface area contributed by atoms with Gasteiger partial charge < -0.3 is 9.13 Å². The first kappa shape index (κ1) is 36.1. The molecule has 3 aromatic heterocycles. The van der Waals surface area contributed by atoms with E-state index >= 15 is 0 Å². The van der Waals surface area contributed by atoms with Gasteiger partial charge in [-0.25, -0.2) is 9.97 Å². The van der Waals surface area contributed by atoms with E-state index in [4.69, 9.17) is 9.97 Å². The number of nitrogens with zero attached hydrogens (tertiary/aromatic N) is 4. The van der Waals surface area contributed by atoms with Gasteiger partial charge in [-0.2, -0.15) is 0 Å². The summed E-state index contributed by atoms with van der Waals surface area (Å²) in [6.07, 6.45) is 0. The van der Waals surface area contributed by atoms with E-state index in [2.05, 4.69) is 209 Å². The van der Waals surface area contributed by atoms with Crippen LogP contribution < -0.4 is 0 Å². The molecule has 0 spiro atoms. The predicted octanol–water partition coefficient (Wildman–Crippen LogP) is 15.6. The van der Waals surface area contributed by atoms with E-state index in [1.165, 1.54) is 65.6 Å². The van der Waals surface area contributed by atoms with E-state index in [1.54, 1.807) is 0 Å². The minimum absolute atomic E-state index is 0.868. The van der Waals surface area contributed by atoms with Crippen molar-refractivity contribution in [3.63, 3.8) is 0 Å². The fourth-order valence-corrected chi connectivity index (χ4v) is 9.90. The lowest BCUT2D eigenvalue weighted by molar-refractivity contribution is 1.18. The van der Waals surface area contributed by atoms with E-state index in [9.17, 15) is 0 Å². The quantitative estimate of drug-likeness (QED) is 0.168. The largest absolute Gasteiger partial charge is 0.309 e. The second-order valence-corrected chi connectivity index (χ2v) is 16.6. The lowest BCUT2D eigenvalue weighted by Gasteiger charge is -2.13. The van der Waals surface area contributed by atoms with Crippen LogP contribution >= 0.6 is 0 Å².